The van der Waals surface area contributed by atoms with Crippen molar-refractivity contribution in [2.75, 3.05) is 0 Å². The lowest BCUT2D eigenvalue weighted by Crippen LogP contribution is -1.99. The first kappa shape index (κ1) is 32.3. The van der Waals surface area contributed by atoms with Crippen LogP contribution in [0.1, 0.15) is 0 Å². The molecular weight excluding hydrogens is 735 g/mol. The summed E-state index contributed by atoms with van der Waals surface area (Å²) in [5.74, 6) is 1.97. The zero-order valence-corrected chi connectivity index (χ0v) is 31.9. The number of hydrogen-bond acceptors (Lipinski definition) is 6. The predicted molar refractivity (Wildman–Crippen MR) is 240 cm³/mol. The molecule has 6 heteroatoms. The van der Waals surface area contributed by atoms with Crippen LogP contribution in [0.2, 0.25) is 0 Å². The van der Waals surface area contributed by atoms with Crippen molar-refractivity contribution < 1.29 is 4.42 Å². The Morgan fingerprint density at radius 2 is 0.789 bits per heavy atom. The summed E-state index contributed by atoms with van der Waals surface area (Å²) in [6.45, 7) is 0. The number of aromatic nitrogens is 3. The lowest BCUT2D eigenvalue weighted by Gasteiger charge is -2.09. The lowest BCUT2D eigenvalue weighted by molar-refractivity contribution is 0.670. The topological polar surface area (TPSA) is 51.8 Å². The van der Waals surface area contributed by atoms with E-state index in [1.807, 2.05) is 78.1 Å². The Morgan fingerprint density at radius 1 is 0.333 bits per heavy atom. The first-order chi connectivity index (χ1) is 28.2. The maximum Gasteiger partial charge on any atom is 0.164 e. The molecule has 0 unspecified atom stereocenters. The Hall–Kier alpha value is -6.99. The van der Waals surface area contributed by atoms with Crippen LogP contribution in [0.4, 0.5) is 0 Å². The van der Waals surface area contributed by atoms with Gasteiger partial charge in [0.15, 0.2) is 17.5 Å². The summed E-state index contributed by atoms with van der Waals surface area (Å²) in [4.78, 5) is 14.9. The fourth-order valence-corrected chi connectivity index (χ4v) is 10.5. The van der Waals surface area contributed by atoms with Gasteiger partial charge in [-0.15, -0.1) is 22.7 Å². The van der Waals surface area contributed by atoms with Gasteiger partial charge in [-0.05, 0) is 53.1 Å². The van der Waals surface area contributed by atoms with E-state index in [0.717, 1.165) is 49.8 Å². The molecule has 57 heavy (non-hydrogen) atoms. The van der Waals surface area contributed by atoms with E-state index < -0.39 is 0 Å². The normalized spacial score (nSPS) is 11.9. The molecule has 4 nitrogen and oxygen atoms in total. The molecule has 0 saturated heterocycles. The highest BCUT2D eigenvalue weighted by Gasteiger charge is 2.19. The van der Waals surface area contributed by atoms with Crippen molar-refractivity contribution in [1.29, 1.82) is 0 Å². The minimum absolute atomic E-state index is 0.654. The minimum atomic E-state index is 0.654. The molecule has 0 N–H and O–H groups in total. The van der Waals surface area contributed by atoms with Crippen molar-refractivity contribution in [1.82, 2.24) is 15.0 Å². The highest BCUT2D eigenvalue weighted by Crippen LogP contribution is 2.45. The Balaban J connectivity index is 0.978. The molecule has 0 saturated carbocycles. The fourth-order valence-electron chi connectivity index (χ4n) is 8.21. The number of furan rings is 1. The second-order valence-corrected chi connectivity index (χ2v) is 16.5. The zero-order valence-electron chi connectivity index (χ0n) is 30.3. The van der Waals surface area contributed by atoms with Gasteiger partial charge in [-0.3, -0.25) is 0 Å². The number of benzene rings is 8. The van der Waals surface area contributed by atoms with E-state index in [1.165, 1.54) is 51.5 Å². The third-order valence-corrected chi connectivity index (χ3v) is 13.2. The average molecular weight is 764 g/mol. The van der Waals surface area contributed by atoms with Crippen molar-refractivity contribution >= 4 is 85.0 Å². The monoisotopic (exact) mass is 763 g/mol. The van der Waals surface area contributed by atoms with Crippen LogP contribution in [0.5, 0.6) is 0 Å². The molecule has 0 aliphatic heterocycles. The number of fused-ring (bicyclic) bond motifs is 9. The summed E-state index contributed by atoms with van der Waals surface area (Å²) in [5, 5.41) is 7.32. The molecular formula is C51H29N3OS2. The quantitative estimate of drug-likeness (QED) is 0.175. The Bertz CT molecular complexity index is 3470. The number of hydrogen-bond donors (Lipinski definition) is 0. The third-order valence-electron chi connectivity index (χ3n) is 11.0. The maximum absolute atomic E-state index is 6.74. The molecule has 0 bridgehead atoms. The molecule has 12 aromatic rings. The van der Waals surface area contributed by atoms with E-state index in [9.17, 15) is 0 Å². The molecule has 0 amide bonds. The van der Waals surface area contributed by atoms with Crippen molar-refractivity contribution in [2.24, 2.45) is 0 Å². The lowest BCUT2D eigenvalue weighted by atomic mass is 9.94. The molecule has 0 atom stereocenters. The minimum Gasteiger partial charge on any atom is -0.455 e. The van der Waals surface area contributed by atoms with Gasteiger partial charge in [0.1, 0.15) is 11.2 Å². The van der Waals surface area contributed by atoms with Crippen LogP contribution in [0.3, 0.4) is 0 Å². The summed E-state index contributed by atoms with van der Waals surface area (Å²) in [5.41, 5.74) is 9.25. The van der Waals surface area contributed by atoms with Crippen molar-refractivity contribution in [2.45, 2.75) is 0 Å². The smallest absolute Gasteiger partial charge is 0.164 e. The van der Waals surface area contributed by atoms with Gasteiger partial charge in [0, 0.05) is 73.4 Å². The Kier molecular flexibility index (Phi) is 7.24. The first-order valence-corrected chi connectivity index (χ1v) is 20.6. The molecule has 0 radical (unpaired) electrons. The standard InChI is InChI=1S/C51H29N3OS2/c1-3-11-30(12-4-1)49-52-50(31-13-5-2-6-14-31)54-51(53-49)34-21-24-40-39-23-20-33(28-45(39)57-46(40)29-34)36-26-25-35(47-41-16-7-9-17-42(41)55-48(36)47)32-19-22-38-37-15-8-10-18-43(37)56-44(38)27-32/h1-29H. The molecule has 0 aliphatic rings. The highest BCUT2D eigenvalue weighted by atomic mass is 32.1. The van der Waals surface area contributed by atoms with Crippen molar-refractivity contribution in [3.8, 4) is 56.4 Å². The SMILES string of the molecule is c1ccc(-c2nc(-c3ccccc3)nc(-c3ccc4c(c3)sc3cc(-c5ccc(-c6ccc7c(c6)sc6ccccc67)c6c5oc5ccccc56)ccc34)n2)cc1. The van der Waals surface area contributed by atoms with Crippen LogP contribution in [0, 0.1) is 0 Å². The number of para-hydroxylation sites is 1. The second kappa shape index (κ2) is 12.8. The largest absolute Gasteiger partial charge is 0.455 e. The van der Waals surface area contributed by atoms with E-state index in [2.05, 4.69) is 109 Å². The predicted octanol–water partition coefficient (Wildman–Crippen LogP) is 14.8. The molecule has 12 rings (SSSR count). The summed E-state index contributed by atoms with van der Waals surface area (Å²) >= 11 is 3.64. The van der Waals surface area contributed by atoms with E-state index in [0.29, 0.717) is 17.5 Å². The summed E-state index contributed by atoms with van der Waals surface area (Å²) in [6, 6.07) is 62.0. The van der Waals surface area contributed by atoms with Gasteiger partial charge in [-0.25, -0.2) is 15.0 Å². The van der Waals surface area contributed by atoms with Gasteiger partial charge >= 0.3 is 0 Å². The third kappa shape index (κ3) is 5.30. The van der Waals surface area contributed by atoms with Crippen LogP contribution < -0.4 is 0 Å². The molecule has 4 heterocycles. The Labute approximate surface area is 335 Å². The highest BCUT2D eigenvalue weighted by molar-refractivity contribution is 7.26. The molecule has 0 fully saturated rings. The van der Waals surface area contributed by atoms with Crippen LogP contribution in [-0.2, 0) is 0 Å². The number of thiophene rings is 2. The Morgan fingerprint density at radius 3 is 1.44 bits per heavy atom. The van der Waals surface area contributed by atoms with Crippen LogP contribution in [0.15, 0.2) is 180 Å². The molecule has 4 aromatic heterocycles. The number of rotatable bonds is 5. The van der Waals surface area contributed by atoms with E-state index in [1.54, 1.807) is 11.3 Å². The molecule has 0 spiro atoms. The van der Waals surface area contributed by atoms with Crippen LogP contribution in [0.25, 0.3) is 119 Å². The molecule has 0 aliphatic carbocycles. The van der Waals surface area contributed by atoms with Gasteiger partial charge in [0.05, 0.1) is 0 Å². The molecule has 8 aromatic carbocycles. The van der Waals surface area contributed by atoms with E-state index in [4.69, 9.17) is 19.4 Å². The summed E-state index contributed by atoms with van der Waals surface area (Å²) in [6.07, 6.45) is 0. The van der Waals surface area contributed by atoms with E-state index >= 15 is 0 Å². The van der Waals surface area contributed by atoms with Crippen LogP contribution >= 0.6 is 22.7 Å². The fraction of sp³-hybridized carbons (Fsp3) is 0. The zero-order chi connectivity index (χ0) is 37.5. The maximum atomic E-state index is 6.74. The molecule has 266 valence electrons. The van der Waals surface area contributed by atoms with Crippen LogP contribution in [-0.4, -0.2) is 15.0 Å². The van der Waals surface area contributed by atoms with Gasteiger partial charge < -0.3 is 4.42 Å². The average Bonchev–Trinajstić information content (AvgIpc) is 3.97. The van der Waals surface area contributed by atoms with Gasteiger partial charge in [-0.1, -0.05) is 140 Å². The first-order valence-electron chi connectivity index (χ1n) is 18.9. The van der Waals surface area contributed by atoms with E-state index in [-0.39, 0.29) is 0 Å². The summed E-state index contributed by atoms with van der Waals surface area (Å²) in [7, 11) is 0. The van der Waals surface area contributed by atoms with Gasteiger partial charge in [0.25, 0.3) is 0 Å². The summed E-state index contributed by atoms with van der Waals surface area (Å²) < 4.78 is 11.7. The second-order valence-electron chi connectivity index (χ2n) is 14.3. The van der Waals surface area contributed by atoms with Gasteiger partial charge in [-0.2, -0.15) is 0 Å². The van der Waals surface area contributed by atoms with Crippen molar-refractivity contribution in [3.05, 3.63) is 176 Å². The van der Waals surface area contributed by atoms with Gasteiger partial charge in [0.2, 0.25) is 0 Å². The number of nitrogens with zero attached hydrogens (tertiary/aromatic N) is 3. The van der Waals surface area contributed by atoms with Crippen molar-refractivity contribution in [3.63, 3.8) is 0 Å².